The zero-order valence-corrected chi connectivity index (χ0v) is 24.7. The summed E-state index contributed by atoms with van der Waals surface area (Å²) >= 11 is 0. The number of rotatable bonds is 9. The molecular weight excluding hydrogens is 510 g/mol. The zero-order valence-electron chi connectivity index (χ0n) is 24.7. The molecule has 6 heteroatoms. The van der Waals surface area contributed by atoms with E-state index in [1.54, 1.807) is 0 Å². The van der Waals surface area contributed by atoms with Crippen molar-refractivity contribution in [1.82, 2.24) is 14.7 Å². The van der Waals surface area contributed by atoms with Crippen LogP contribution in [0.2, 0.25) is 0 Å². The number of fused-ring (bicyclic) bond motifs is 1. The fourth-order valence-electron chi connectivity index (χ4n) is 6.20. The van der Waals surface area contributed by atoms with Gasteiger partial charge in [-0.2, -0.15) is 5.10 Å². The maximum atomic E-state index is 7.00. The summed E-state index contributed by atoms with van der Waals surface area (Å²) in [6.07, 6.45) is 11.2. The molecule has 0 radical (unpaired) electrons. The molecule has 2 aliphatic rings. The lowest BCUT2D eigenvalue weighted by Gasteiger charge is -2.29. The lowest BCUT2D eigenvalue weighted by molar-refractivity contribution is 0.214. The van der Waals surface area contributed by atoms with Gasteiger partial charge in [-0.15, -0.1) is 0 Å². The molecule has 1 N–H and O–H groups in total. The predicted molar refractivity (Wildman–Crippen MR) is 164 cm³/mol. The summed E-state index contributed by atoms with van der Waals surface area (Å²) in [5.74, 6) is 1.95. The van der Waals surface area contributed by atoms with Crippen LogP contribution in [0.1, 0.15) is 59.1 Å². The fraction of sp³-hybridized carbons (Fsp3) is 0.400. The molecule has 1 fully saturated rings. The molecule has 216 valence electrons. The van der Waals surface area contributed by atoms with E-state index in [2.05, 4.69) is 71.5 Å². The molecule has 0 saturated carbocycles. The molecule has 0 bridgehead atoms. The second-order valence-corrected chi connectivity index (χ2v) is 11.1. The summed E-state index contributed by atoms with van der Waals surface area (Å²) < 4.78 is 15.0. The smallest absolute Gasteiger partial charge is 0.128 e. The molecule has 1 aromatic heterocycles. The van der Waals surface area contributed by atoms with E-state index in [4.69, 9.17) is 14.6 Å². The highest BCUT2D eigenvalue weighted by atomic mass is 16.5. The molecule has 0 amide bonds. The van der Waals surface area contributed by atoms with Crippen LogP contribution in [0, 0.1) is 6.92 Å². The van der Waals surface area contributed by atoms with Crippen molar-refractivity contribution in [3.05, 3.63) is 100 Å². The van der Waals surface area contributed by atoms with Crippen molar-refractivity contribution < 1.29 is 14.6 Å². The molecule has 0 spiro atoms. The van der Waals surface area contributed by atoms with E-state index in [-0.39, 0.29) is 0 Å². The van der Waals surface area contributed by atoms with Gasteiger partial charge >= 0.3 is 0 Å². The molecule has 1 aliphatic carbocycles. The number of hydrogen-bond donors (Lipinski definition) is 1. The van der Waals surface area contributed by atoms with Gasteiger partial charge in [-0.3, -0.25) is 9.58 Å². The van der Waals surface area contributed by atoms with Crippen LogP contribution in [0.5, 0.6) is 11.5 Å². The van der Waals surface area contributed by atoms with Crippen molar-refractivity contribution in [2.24, 2.45) is 7.05 Å². The van der Waals surface area contributed by atoms with Crippen LogP contribution >= 0.6 is 0 Å². The van der Waals surface area contributed by atoms with Crippen molar-refractivity contribution in [3.8, 4) is 22.6 Å². The quantitative estimate of drug-likeness (QED) is 0.252. The summed E-state index contributed by atoms with van der Waals surface area (Å²) in [7, 11) is 2.95. The Hall–Kier alpha value is -3.61. The van der Waals surface area contributed by atoms with E-state index in [1.165, 1.54) is 77.7 Å². The first-order valence-corrected chi connectivity index (χ1v) is 14.9. The molecular formula is C35H43N3O3. The number of likely N-dealkylation sites (tertiary alicyclic amines) is 1. The number of hydrogen-bond acceptors (Lipinski definition) is 5. The van der Waals surface area contributed by atoms with Gasteiger partial charge in [-0.05, 0) is 85.5 Å². The first-order valence-electron chi connectivity index (χ1n) is 14.9. The van der Waals surface area contributed by atoms with Gasteiger partial charge in [-0.25, -0.2) is 0 Å². The molecule has 2 heterocycles. The van der Waals surface area contributed by atoms with E-state index in [0.29, 0.717) is 13.2 Å². The summed E-state index contributed by atoms with van der Waals surface area (Å²) in [6.45, 7) is 6.57. The fourth-order valence-corrected chi connectivity index (χ4v) is 6.20. The first-order chi connectivity index (χ1) is 20.2. The Kier molecular flexibility index (Phi) is 9.75. The molecule has 0 unspecified atom stereocenters. The minimum absolute atomic E-state index is 0.511. The number of ether oxygens (including phenoxy) is 2. The monoisotopic (exact) mass is 553 g/mol. The average Bonchev–Trinajstić information content (AvgIpc) is 3.68. The van der Waals surface area contributed by atoms with Crippen molar-refractivity contribution in [2.75, 3.05) is 20.2 Å². The van der Waals surface area contributed by atoms with Crippen molar-refractivity contribution in [1.29, 1.82) is 0 Å². The predicted octanol–water partition coefficient (Wildman–Crippen LogP) is 6.64. The van der Waals surface area contributed by atoms with Gasteiger partial charge in [0.2, 0.25) is 0 Å². The third-order valence-corrected chi connectivity index (χ3v) is 8.34. The van der Waals surface area contributed by atoms with Crippen LogP contribution in [0.3, 0.4) is 0 Å². The van der Waals surface area contributed by atoms with Crippen LogP contribution in [0.25, 0.3) is 11.1 Å². The number of aliphatic hydroxyl groups is 1. The Bertz CT molecular complexity index is 1420. The minimum atomic E-state index is 0.511. The Morgan fingerprint density at radius 2 is 1.59 bits per heavy atom. The van der Waals surface area contributed by atoms with Crippen LogP contribution in [-0.2, 0) is 39.6 Å². The number of piperidine rings is 1. The van der Waals surface area contributed by atoms with Gasteiger partial charge in [0.15, 0.2) is 0 Å². The van der Waals surface area contributed by atoms with Crippen molar-refractivity contribution in [3.63, 3.8) is 0 Å². The highest BCUT2D eigenvalue weighted by Gasteiger charge is 2.26. The van der Waals surface area contributed by atoms with Gasteiger partial charge in [0.25, 0.3) is 0 Å². The zero-order chi connectivity index (χ0) is 28.6. The number of aromatic nitrogens is 2. The van der Waals surface area contributed by atoms with Gasteiger partial charge in [0.05, 0.1) is 6.20 Å². The highest BCUT2D eigenvalue weighted by Crippen LogP contribution is 2.41. The summed E-state index contributed by atoms with van der Waals surface area (Å²) in [6, 6.07) is 19.3. The molecule has 6 rings (SSSR count). The highest BCUT2D eigenvalue weighted by molar-refractivity contribution is 5.68. The molecule has 1 aliphatic heterocycles. The average molecular weight is 554 g/mol. The van der Waals surface area contributed by atoms with Crippen molar-refractivity contribution >= 4 is 0 Å². The van der Waals surface area contributed by atoms with Gasteiger partial charge in [0, 0.05) is 44.1 Å². The third kappa shape index (κ3) is 6.83. The molecule has 4 aromatic rings. The molecule has 0 atom stereocenters. The topological polar surface area (TPSA) is 59.8 Å². The Labute approximate surface area is 244 Å². The van der Waals surface area contributed by atoms with Gasteiger partial charge in [0.1, 0.15) is 24.7 Å². The number of nitrogens with zero attached hydrogens (tertiary/aromatic N) is 3. The first kappa shape index (κ1) is 28.9. The molecule has 1 saturated heterocycles. The Morgan fingerprint density at radius 3 is 2.34 bits per heavy atom. The normalized spacial score (nSPS) is 14.7. The second-order valence-electron chi connectivity index (χ2n) is 11.1. The second kappa shape index (κ2) is 13.8. The Balaban J connectivity index is 0.00000165. The minimum Gasteiger partial charge on any atom is -0.488 e. The Morgan fingerprint density at radius 1 is 0.829 bits per heavy atom. The number of benzene rings is 3. The summed E-state index contributed by atoms with van der Waals surface area (Å²) in [5, 5.41) is 11.3. The maximum absolute atomic E-state index is 7.00. The third-order valence-electron chi connectivity index (χ3n) is 8.34. The standard InChI is InChI=1S/C34H39N3O2.CH4O/c1-25-28(13-9-14-29(25)27-11-5-3-6-12-27)24-39-33-19-34(38-23-26-20-35-36(2)21-26)32(30-15-10-16-31(30)33)22-37-17-7-4-8-18-37;1-2/h3,5-6,9,11-14,19-21H,4,7-8,10,15-18,22-24H2,1-2H3;2H,1H3. The van der Waals surface area contributed by atoms with E-state index in [1.807, 2.05) is 24.1 Å². The summed E-state index contributed by atoms with van der Waals surface area (Å²) in [5.41, 5.74) is 10.3. The van der Waals surface area contributed by atoms with E-state index >= 15 is 0 Å². The van der Waals surface area contributed by atoms with E-state index in [9.17, 15) is 0 Å². The lowest BCUT2D eigenvalue weighted by Crippen LogP contribution is -2.29. The van der Waals surface area contributed by atoms with E-state index in [0.717, 1.165) is 43.6 Å². The molecule has 3 aromatic carbocycles. The van der Waals surface area contributed by atoms with Crippen LogP contribution in [0.15, 0.2) is 67.0 Å². The van der Waals surface area contributed by atoms with Crippen LogP contribution in [-0.4, -0.2) is 40.0 Å². The molecule has 6 nitrogen and oxygen atoms in total. The maximum Gasteiger partial charge on any atom is 0.128 e. The SMILES string of the molecule is CO.Cc1c(COc2cc(OCc3cnn(C)c3)c(CN3CCCCC3)c3c2CCC3)cccc1-c1ccccc1. The van der Waals surface area contributed by atoms with Crippen LogP contribution in [0.4, 0.5) is 0 Å². The van der Waals surface area contributed by atoms with Crippen molar-refractivity contribution in [2.45, 2.75) is 65.2 Å². The summed E-state index contributed by atoms with van der Waals surface area (Å²) in [4.78, 5) is 2.60. The molecule has 41 heavy (non-hydrogen) atoms. The van der Waals surface area contributed by atoms with E-state index < -0.39 is 0 Å². The van der Waals surface area contributed by atoms with Gasteiger partial charge in [-0.1, -0.05) is 55.0 Å². The van der Waals surface area contributed by atoms with Crippen LogP contribution < -0.4 is 9.47 Å². The number of aliphatic hydroxyl groups excluding tert-OH is 1. The number of aryl methyl sites for hydroxylation is 1. The lowest BCUT2D eigenvalue weighted by atomic mass is 9.96. The van der Waals surface area contributed by atoms with Gasteiger partial charge < -0.3 is 14.6 Å². The largest absolute Gasteiger partial charge is 0.488 e.